The summed E-state index contributed by atoms with van der Waals surface area (Å²) in [6, 6.07) is 4.35. The predicted molar refractivity (Wildman–Crippen MR) is 95.8 cm³/mol. The lowest BCUT2D eigenvalue weighted by Crippen LogP contribution is -2.47. The zero-order chi connectivity index (χ0) is 17.1. The van der Waals surface area contributed by atoms with E-state index in [1.165, 1.54) is 4.88 Å². The molecule has 2 unspecified atom stereocenters. The second kappa shape index (κ2) is 7.66. The van der Waals surface area contributed by atoms with E-state index in [0.717, 1.165) is 32.2 Å². The van der Waals surface area contributed by atoms with Gasteiger partial charge in [0.05, 0.1) is 12.0 Å². The molecule has 132 valence electrons. The first-order valence-electron chi connectivity index (χ1n) is 8.82. The number of nitrogens with one attached hydrogen (secondary N) is 1. The molecule has 2 atom stereocenters. The lowest BCUT2D eigenvalue weighted by Gasteiger charge is -2.33. The van der Waals surface area contributed by atoms with Crippen molar-refractivity contribution >= 4 is 23.2 Å². The fraction of sp³-hybridized carbons (Fsp3) is 0.667. The Kier molecular flexibility index (Phi) is 5.56. The normalized spacial score (nSPS) is 22.5. The molecule has 0 spiro atoms. The number of likely N-dealkylation sites (N-methyl/N-ethyl adjacent to an activating group) is 1. The van der Waals surface area contributed by atoms with E-state index in [0.29, 0.717) is 13.1 Å². The van der Waals surface area contributed by atoms with Gasteiger partial charge in [-0.3, -0.25) is 9.59 Å². The number of amides is 2. The summed E-state index contributed by atoms with van der Waals surface area (Å²) in [5.41, 5.74) is 0. The minimum Gasteiger partial charge on any atom is -0.354 e. The Labute approximate surface area is 148 Å². The van der Waals surface area contributed by atoms with Gasteiger partial charge in [-0.1, -0.05) is 6.07 Å². The standard InChI is InChI=1S/C18H27N3O2S/c1-20(2)15(16-6-4-10-24-16)11-19-17(22)14-5-3-9-21(12-14)18(23)13-7-8-13/h4,6,10,13-15H,3,5,7-9,11-12H2,1-2H3,(H,19,22). The van der Waals surface area contributed by atoms with Gasteiger partial charge in [0, 0.05) is 30.4 Å². The number of nitrogens with zero attached hydrogens (tertiary/aromatic N) is 2. The fourth-order valence-corrected chi connectivity index (χ4v) is 4.26. The van der Waals surface area contributed by atoms with Gasteiger partial charge in [-0.05, 0) is 51.2 Å². The topological polar surface area (TPSA) is 52.7 Å². The van der Waals surface area contributed by atoms with Crippen molar-refractivity contribution in [3.8, 4) is 0 Å². The highest BCUT2D eigenvalue weighted by atomic mass is 32.1. The van der Waals surface area contributed by atoms with Gasteiger partial charge in [-0.2, -0.15) is 0 Å². The molecule has 1 N–H and O–H groups in total. The van der Waals surface area contributed by atoms with Crippen LogP contribution in [0.2, 0.25) is 0 Å². The van der Waals surface area contributed by atoms with Crippen molar-refractivity contribution in [2.24, 2.45) is 11.8 Å². The van der Waals surface area contributed by atoms with E-state index in [9.17, 15) is 9.59 Å². The van der Waals surface area contributed by atoms with Crippen LogP contribution >= 0.6 is 11.3 Å². The third kappa shape index (κ3) is 4.16. The summed E-state index contributed by atoms with van der Waals surface area (Å²) in [4.78, 5) is 30.1. The van der Waals surface area contributed by atoms with Crippen molar-refractivity contribution in [3.05, 3.63) is 22.4 Å². The molecule has 1 aromatic heterocycles. The third-order valence-corrected chi connectivity index (χ3v) is 5.97. The molecule has 1 aliphatic heterocycles. The lowest BCUT2D eigenvalue weighted by molar-refractivity contribution is -0.136. The van der Waals surface area contributed by atoms with Crippen molar-refractivity contribution in [3.63, 3.8) is 0 Å². The van der Waals surface area contributed by atoms with Gasteiger partial charge in [0.25, 0.3) is 0 Å². The zero-order valence-electron chi connectivity index (χ0n) is 14.5. The van der Waals surface area contributed by atoms with Gasteiger partial charge in [0.2, 0.25) is 11.8 Å². The highest BCUT2D eigenvalue weighted by Gasteiger charge is 2.36. The molecule has 2 amide bonds. The van der Waals surface area contributed by atoms with Crippen LogP contribution in [-0.2, 0) is 9.59 Å². The predicted octanol–water partition coefficient (Wildman–Crippen LogP) is 2.12. The average Bonchev–Trinajstić information content (AvgIpc) is 3.30. The number of piperidine rings is 1. The first kappa shape index (κ1) is 17.4. The summed E-state index contributed by atoms with van der Waals surface area (Å²) in [5, 5.41) is 5.18. The monoisotopic (exact) mass is 349 g/mol. The molecule has 0 bridgehead atoms. The summed E-state index contributed by atoms with van der Waals surface area (Å²) < 4.78 is 0. The first-order valence-corrected chi connectivity index (χ1v) is 9.70. The number of hydrogen-bond donors (Lipinski definition) is 1. The first-order chi connectivity index (χ1) is 11.6. The molecule has 2 fully saturated rings. The molecular weight excluding hydrogens is 322 g/mol. The maximum Gasteiger partial charge on any atom is 0.225 e. The molecule has 5 nitrogen and oxygen atoms in total. The van der Waals surface area contributed by atoms with Crippen LogP contribution in [0.25, 0.3) is 0 Å². The van der Waals surface area contributed by atoms with E-state index in [1.54, 1.807) is 11.3 Å². The lowest BCUT2D eigenvalue weighted by atomic mass is 9.96. The minimum absolute atomic E-state index is 0.0624. The summed E-state index contributed by atoms with van der Waals surface area (Å²) in [7, 11) is 4.07. The van der Waals surface area contributed by atoms with Gasteiger partial charge < -0.3 is 15.1 Å². The van der Waals surface area contributed by atoms with Gasteiger partial charge >= 0.3 is 0 Å². The highest BCUT2D eigenvalue weighted by molar-refractivity contribution is 7.10. The molecule has 1 saturated carbocycles. The minimum atomic E-state index is -0.0624. The molecule has 3 rings (SSSR count). The maximum absolute atomic E-state index is 12.6. The number of thiophene rings is 1. The Morgan fingerprint density at radius 1 is 1.33 bits per heavy atom. The molecule has 2 heterocycles. The molecule has 1 aromatic rings. The van der Waals surface area contributed by atoms with Crippen molar-refractivity contribution in [2.45, 2.75) is 31.7 Å². The Morgan fingerprint density at radius 2 is 2.12 bits per heavy atom. The van der Waals surface area contributed by atoms with Gasteiger partial charge in [-0.25, -0.2) is 0 Å². The molecule has 24 heavy (non-hydrogen) atoms. The Morgan fingerprint density at radius 3 is 2.75 bits per heavy atom. The van der Waals surface area contributed by atoms with Crippen LogP contribution in [0.4, 0.5) is 0 Å². The molecule has 2 aliphatic rings. The zero-order valence-corrected chi connectivity index (χ0v) is 15.3. The molecule has 1 aliphatic carbocycles. The van der Waals surface area contributed by atoms with Crippen LogP contribution in [-0.4, -0.2) is 55.3 Å². The number of hydrogen-bond acceptors (Lipinski definition) is 4. The number of rotatable bonds is 6. The quantitative estimate of drug-likeness (QED) is 0.856. The van der Waals surface area contributed by atoms with E-state index in [-0.39, 0.29) is 29.7 Å². The summed E-state index contributed by atoms with van der Waals surface area (Å²) in [5.74, 6) is 0.528. The molecule has 0 aromatic carbocycles. The second-order valence-corrected chi connectivity index (χ2v) is 8.12. The van der Waals surface area contributed by atoms with E-state index in [2.05, 4.69) is 21.7 Å². The Hall–Kier alpha value is -1.40. The second-order valence-electron chi connectivity index (χ2n) is 7.14. The molecule has 1 saturated heterocycles. The van der Waals surface area contributed by atoms with Crippen LogP contribution in [0, 0.1) is 11.8 Å². The van der Waals surface area contributed by atoms with Crippen molar-refractivity contribution < 1.29 is 9.59 Å². The number of carbonyl (C=O) groups is 2. The van der Waals surface area contributed by atoms with E-state index in [4.69, 9.17) is 0 Å². The summed E-state index contributed by atoms with van der Waals surface area (Å²) >= 11 is 1.72. The Balaban J connectivity index is 1.53. The van der Waals surface area contributed by atoms with Crippen molar-refractivity contribution in [2.75, 3.05) is 33.7 Å². The third-order valence-electron chi connectivity index (χ3n) is 5.00. The summed E-state index contributed by atoms with van der Waals surface area (Å²) in [6.07, 6.45) is 3.86. The maximum atomic E-state index is 12.6. The van der Waals surface area contributed by atoms with Crippen LogP contribution in [0.1, 0.15) is 36.6 Å². The SMILES string of the molecule is CN(C)C(CNC(=O)C1CCCN(C(=O)C2CC2)C1)c1cccs1. The van der Waals surface area contributed by atoms with E-state index < -0.39 is 0 Å². The summed E-state index contributed by atoms with van der Waals surface area (Å²) in [6.45, 7) is 2.01. The average molecular weight is 350 g/mol. The van der Waals surface area contributed by atoms with Crippen molar-refractivity contribution in [1.82, 2.24) is 15.1 Å². The van der Waals surface area contributed by atoms with E-state index in [1.807, 2.05) is 25.1 Å². The highest BCUT2D eigenvalue weighted by Crippen LogP contribution is 2.32. The van der Waals surface area contributed by atoms with Crippen LogP contribution in [0.5, 0.6) is 0 Å². The molecule has 0 radical (unpaired) electrons. The smallest absolute Gasteiger partial charge is 0.225 e. The molecular formula is C18H27N3O2S. The number of carbonyl (C=O) groups excluding carboxylic acids is 2. The van der Waals surface area contributed by atoms with Gasteiger partial charge in [0.15, 0.2) is 0 Å². The van der Waals surface area contributed by atoms with Gasteiger partial charge in [0.1, 0.15) is 0 Å². The van der Waals surface area contributed by atoms with Crippen molar-refractivity contribution in [1.29, 1.82) is 0 Å². The van der Waals surface area contributed by atoms with Crippen LogP contribution in [0.15, 0.2) is 17.5 Å². The Bertz CT molecular complexity index is 569. The molecule has 6 heteroatoms. The van der Waals surface area contributed by atoms with Gasteiger partial charge in [-0.15, -0.1) is 11.3 Å². The fourth-order valence-electron chi connectivity index (χ4n) is 3.34. The van der Waals surface area contributed by atoms with Crippen LogP contribution < -0.4 is 5.32 Å². The number of likely N-dealkylation sites (tertiary alicyclic amines) is 1. The van der Waals surface area contributed by atoms with Crippen LogP contribution in [0.3, 0.4) is 0 Å². The largest absolute Gasteiger partial charge is 0.354 e. The van der Waals surface area contributed by atoms with E-state index >= 15 is 0 Å².